The minimum absolute atomic E-state index is 0.114. The van der Waals surface area contributed by atoms with Crippen molar-refractivity contribution in [3.8, 4) is 0 Å². The van der Waals surface area contributed by atoms with Gasteiger partial charge in [-0.25, -0.2) is 5.06 Å². The lowest BCUT2D eigenvalue weighted by Gasteiger charge is -2.14. The van der Waals surface area contributed by atoms with E-state index in [2.05, 4.69) is 15.9 Å². The van der Waals surface area contributed by atoms with Crippen LogP contribution in [-0.2, 0) is 16.2 Å². The Morgan fingerprint density at radius 3 is 2.71 bits per heavy atom. The lowest BCUT2D eigenvalue weighted by atomic mass is 10.2. The van der Waals surface area contributed by atoms with Crippen molar-refractivity contribution >= 4 is 21.8 Å². The van der Waals surface area contributed by atoms with E-state index in [-0.39, 0.29) is 5.91 Å². The van der Waals surface area contributed by atoms with E-state index in [0.29, 0.717) is 6.61 Å². The molecule has 3 nitrogen and oxygen atoms in total. The molecular weight excluding hydrogens is 246 g/mol. The Balaban J connectivity index is 2.54. The second-order valence-electron chi connectivity index (χ2n) is 2.88. The van der Waals surface area contributed by atoms with Crippen molar-refractivity contribution in [1.29, 1.82) is 0 Å². The predicted octanol–water partition coefficient (Wildman–Crippen LogP) is 2.36. The highest BCUT2D eigenvalue weighted by Gasteiger charge is 2.04. The van der Waals surface area contributed by atoms with Gasteiger partial charge in [-0.3, -0.25) is 9.63 Å². The molecule has 1 aromatic rings. The minimum Gasteiger partial charge on any atom is -0.273 e. The van der Waals surface area contributed by atoms with E-state index in [9.17, 15) is 4.79 Å². The summed E-state index contributed by atoms with van der Waals surface area (Å²) in [6.45, 7) is 1.84. The Morgan fingerprint density at radius 1 is 1.50 bits per heavy atom. The number of halogens is 1. The van der Waals surface area contributed by atoms with Crippen molar-refractivity contribution in [2.24, 2.45) is 0 Å². The number of benzene rings is 1. The van der Waals surface area contributed by atoms with Crippen molar-refractivity contribution in [1.82, 2.24) is 5.06 Å². The Morgan fingerprint density at radius 2 is 2.14 bits per heavy atom. The first-order valence-corrected chi connectivity index (χ1v) is 5.01. The molecule has 0 aliphatic carbocycles. The molecule has 0 fully saturated rings. The zero-order valence-corrected chi connectivity index (χ0v) is 9.74. The monoisotopic (exact) mass is 257 g/mol. The fraction of sp³-hybridized carbons (Fsp3) is 0.300. The second-order valence-corrected chi connectivity index (χ2v) is 3.74. The first kappa shape index (κ1) is 11.2. The molecule has 0 aliphatic rings. The predicted molar refractivity (Wildman–Crippen MR) is 57.4 cm³/mol. The van der Waals surface area contributed by atoms with Crippen LogP contribution in [0.4, 0.5) is 0 Å². The van der Waals surface area contributed by atoms with Gasteiger partial charge in [0.1, 0.15) is 6.61 Å². The number of amides is 1. The van der Waals surface area contributed by atoms with Crippen LogP contribution in [0, 0.1) is 0 Å². The molecule has 0 N–H and O–H groups in total. The van der Waals surface area contributed by atoms with Crippen LogP contribution in [0.25, 0.3) is 0 Å². The van der Waals surface area contributed by atoms with Gasteiger partial charge in [-0.1, -0.05) is 34.1 Å². The maximum Gasteiger partial charge on any atom is 0.242 e. The molecule has 76 valence electrons. The van der Waals surface area contributed by atoms with E-state index < -0.39 is 0 Å². The number of carbonyl (C=O) groups is 1. The average Bonchev–Trinajstić information content (AvgIpc) is 2.16. The van der Waals surface area contributed by atoms with Crippen LogP contribution in [0.15, 0.2) is 28.7 Å². The van der Waals surface area contributed by atoms with Crippen LogP contribution in [0.2, 0.25) is 0 Å². The summed E-state index contributed by atoms with van der Waals surface area (Å²) in [4.78, 5) is 16.1. The summed E-state index contributed by atoms with van der Waals surface area (Å²) in [6.07, 6.45) is 0. The van der Waals surface area contributed by atoms with Crippen LogP contribution < -0.4 is 0 Å². The topological polar surface area (TPSA) is 29.5 Å². The van der Waals surface area contributed by atoms with Gasteiger partial charge in [0.05, 0.1) is 0 Å². The second kappa shape index (κ2) is 5.12. The molecule has 0 heterocycles. The van der Waals surface area contributed by atoms with Crippen molar-refractivity contribution < 1.29 is 9.63 Å². The van der Waals surface area contributed by atoms with Gasteiger partial charge in [-0.2, -0.15) is 0 Å². The molecule has 0 atom stereocenters. The number of carbonyl (C=O) groups excluding carboxylic acids is 1. The molecule has 0 unspecified atom stereocenters. The van der Waals surface area contributed by atoms with Gasteiger partial charge in [-0.05, 0) is 11.6 Å². The third kappa shape index (κ3) is 3.12. The quantitative estimate of drug-likeness (QED) is 0.779. The van der Waals surface area contributed by atoms with Gasteiger partial charge in [0.15, 0.2) is 0 Å². The summed E-state index contributed by atoms with van der Waals surface area (Å²) in [6, 6.07) is 7.74. The van der Waals surface area contributed by atoms with E-state index in [4.69, 9.17) is 4.84 Å². The molecule has 1 rings (SSSR count). The highest BCUT2D eigenvalue weighted by atomic mass is 79.9. The molecular formula is C10H12BrNO2. The summed E-state index contributed by atoms with van der Waals surface area (Å²) < 4.78 is 0.983. The summed E-state index contributed by atoms with van der Waals surface area (Å²) in [5.41, 5.74) is 1.01. The van der Waals surface area contributed by atoms with Crippen LogP contribution in [0.3, 0.4) is 0 Å². The highest BCUT2D eigenvalue weighted by molar-refractivity contribution is 9.10. The van der Waals surface area contributed by atoms with Crippen LogP contribution in [0.1, 0.15) is 12.5 Å². The van der Waals surface area contributed by atoms with Crippen molar-refractivity contribution in [2.75, 3.05) is 7.05 Å². The smallest absolute Gasteiger partial charge is 0.242 e. The number of hydrogen-bond donors (Lipinski definition) is 0. The zero-order chi connectivity index (χ0) is 10.6. The Labute approximate surface area is 91.7 Å². The van der Waals surface area contributed by atoms with E-state index in [1.165, 1.54) is 12.0 Å². The van der Waals surface area contributed by atoms with Crippen molar-refractivity contribution in [3.05, 3.63) is 34.3 Å². The molecule has 0 aromatic heterocycles. The Kier molecular flexibility index (Phi) is 4.10. The zero-order valence-electron chi connectivity index (χ0n) is 8.16. The van der Waals surface area contributed by atoms with Gasteiger partial charge in [0.25, 0.3) is 0 Å². The first-order chi connectivity index (χ1) is 6.61. The molecule has 14 heavy (non-hydrogen) atoms. The lowest BCUT2D eigenvalue weighted by molar-refractivity contribution is -0.180. The van der Waals surface area contributed by atoms with Gasteiger partial charge in [-0.15, -0.1) is 0 Å². The third-order valence-electron chi connectivity index (χ3n) is 1.81. The average molecular weight is 258 g/mol. The molecule has 0 aliphatic heterocycles. The standard InChI is InChI=1S/C10H12BrNO2/c1-8(13)12(2)14-7-9-5-3-4-6-10(9)11/h3-6H,7H2,1-2H3. The summed E-state index contributed by atoms with van der Waals surface area (Å²) >= 11 is 3.40. The minimum atomic E-state index is -0.114. The van der Waals surface area contributed by atoms with Crippen molar-refractivity contribution in [3.63, 3.8) is 0 Å². The SMILES string of the molecule is CC(=O)N(C)OCc1ccccc1Br. The van der Waals surface area contributed by atoms with Gasteiger partial charge >= 0.3 is 0 Å². The van der Waals surface area contributed by atoms with Crippen LogP contribution in [0.5, 0.6) is 0 Å². The summed E-state index contributed by atoms with van der Waals surface area (Å²) in [5.74, 6) is -0.114. The van der Waals surface area contributed by atoms with Crippen LogP contribution in [-0.4, -0.2) is 18.0 Å². The van der Waals surface area contributed by atoms with Gasteiger partial charge in [0, 0.05) is 18.4 Å². The molecule has 0 saturated heterocycles. The first-order valence-electron chi connectivity index (χ1n) is 4.22. The summed E-state index contributed by atoms with van der Waals surface area (Å²) in [5, 5.41) is 1.22. The molecule has 1 amide bonds. The Bertz CT molecular complexity index is 328. The van der Waals surface area contributed by atoms with Gasteiger partial charge < -0.3 is 0 Å². The van der Waals surface area contributed by atoms with E-state index in [1.54, 1.807) is 7.05 Å². The molecule has 4 heteroatoms. The lowest BCUT2D eigenvalue weighted by Crippen LogP contribution is -2.23. The van der Waals surface area contributed by atoms with E-state index in [0.717, 1.165) is 10.0 Å². The van der Waals surface area contributed by atoms with Crippen LogP contribution >= 0.6 is 15.9 Å². The molecule has 0 saturated carbocycles. The fourth-order valence-corrected chi connectivity index (χ4v) is 1.27. The molecule has 0 bridgehead atoms. The third-order valence-corrected chi connectivity index (χ3v) is 2.59. The molecule has 0 spiro atoms. The van der Waals surface area contributed by atoms with Gasteiger partial charge in [0.2, 0.25) is 5.91 Å². The maximum absolute atomic E-state index is 10.8. The number of nitrogens with zero attached hydrogens (tertiary/aromatic N) is 1. The Hall–Kier alpha value is -0.870. The van der Waals surface area contributed by atoms with Crippen molar-refractivity contribution in [2.45, 2.75) is 13.5 Å². The number of rotatable bonds is 3. The highest BCUT2D eigenvalue weighted by Crippen LogP contribution is 2.16. The molecule has 0 radical (unpaired) electrons. The summed E-state index contributed by atoms with van der Waals surface area (Å²) in [7, 11) is 1.60. The number of hydroxylamine groups is 2. The fourth-order valence-electron chi connectivity index (χ4n) is 0.873. The number of hydrogen-bond acceptors (Lipinski definition) is 2. The van der Waals surface area contributed by atoms with E-state index >= 15 is 0 Å². The van der Waals surface area contributed by atoms with E-state index in [1.807, 2.05) is 24.3 Å². The molecule has 1 aromatic carbocycles. The maximum atomic E-state index is 10.8. The largest absolute Gasteiger partial charge is 0.273 e. The normalized spacial score (nSPS) is 9.93.